The first-order valence-electron chi connectivity index (χ1n) is 8.27. The number of hydrogen-bond donors (Lipinski definition) is 1. The number of allylic oxidation sites excluding steroid dienone is 1. The zero-order chi connectivity index (χ0) is 17.5. The van der Waals surface area contributed by atoms with E-state index in [0.717, 1.165) is 24.2 Å². The molecule has 0 unspecified atom stereocenters. The summed E-state index contributed by atoms with van der Waals surface area (Å²) in [4.78, 5) is 14.2. The summed E-state index contributed by atoms with van der Waals surface area (Å²) < 4.78 is 10.8. The average Bonchev–Trinajstić information content (AvgIpc) is 2.91. The second kappa shape index (κ2) is 6.13. The predicted molar refractivity (Wildman–Crippen MR) is 91.3 cm³/mol. The van der Waals surface area contributed by atoms with Gasteiger partial charge in [0.2, 0.25) is 0 Å². The van der Waals surface area contributed by atoms with Gasteiger partial charge in [0.25, 0.3) is 0 Å². The Labute approximate surface area is 142 Å². The van der Waals surface area contributed by atoms with Gasteiger partial charge in [-0.2, -0.15) is 0 Å². The van der Waals surface area contributed by atoms with Crippen LogP contribution in [-0.4, -0.2) is 49.7 Å². The lowest BCUT2D eigenvalue weighted by atomic mass is 9.65. The number of methoxy groups -OCH3 is 2. The van der Waals surface area contributed by atoms with Crippen molar-refractivity contribution in [3.63, 3.8) is 0 Å². The summed E-state index contributed by atoms with van der Waals surface area (Å²) in [5.41, 5.74) is 1.94. The van der Waals surface area contributed by atoms with E-state index in [-0.39, 0.29) is 17.1 Å². The zero-order valence-electron chi connectivity index (χ0n) is 14.7. The molecule has 0 spiro atoms. The zero-order valence-corrected chi connectivity index (χ0v) is 14.7. The SMILES string of the molecule is COc1ccc([C@]23CCN(C)C2=C[C@H](O)[C@H](C(C)=O)C3)cc1OC. The Morgan fingerprint density at radius 3 is 2.62 bits per heavy atom. The fourth-order valence-corrected chi connectivity index (χ4v) is 4.17. The van der Waals surface area contributed by atoms with Crippen molar-refractivity contribution in [1.29, 1.82) is 0 Å². The second-order valence-electron chi connectivity index (χ2n) is 6.79. The van der Waals surface area contributed by atoms with Gasteiger partial charge in [-0.25, -0.2) is 0 Å². The molecular weight excluding hydrogens is 306 g/mol. The van der Waals surface area contributed by atoms with E-state index in [0.29, 0.717) is 17.9 Å². The van der Waals surface area contributed by atoms with Crippen LogP contribution in [0.1, 0.15) is 25.3 Å². The Kier molecular flexibility index (Phi) is 4.30. The number of rotatable bonds is 4. The fraction of sp³-hybridized carbons (Fsp3) is 0.526. The highest BCUT2D eigenvalue weighted by Gasteiger charge is 2.49. The van der Waals surface area contributed by atoms with E-state index in [1.807, 2.05) is 31.3 Å². The first kappa shape index (κ1) is 16.8. The Morgan fingerprint density at radius 2 is 2.00 bits per heavy atom. The largest absolute Gasteiger partial charge is 0.493 e. The number of Topliss-reactive ketones (excluding diaryl/α,β-unsaturated/α-hetero) is 1. The van der Waals surface area contributed by atoms with E-state index in [1.54, 1.807) is 21.1 Å². The summed E-state index contributed by atoms with van der Waals surface area (Å²) in [7, 11) is 5.28. The molecule has 0 aromatic heterocycles. The molecule has 24 heavy (non-hydrogen) atoms. The highest BCUT2D eigenvalue weighted by molar-refractivity contribution is 5.80. The third-order valence-corrected chi connectivity index (χ3v) is 5.54. The van der Waals surface area contributed by atoms with E-state index in [9.17, 15) is 9.90 Å². The van der Waals surface area contributed by atoms with Gasteiger partial charge in [0.05, 0.1) is 20.3 Å². The number of nitrogens with zero attached hydrogens (tertiary/aromatic N) is 1. The smallest absolute Gasteiger partial charge is 0.161 e. The molecule has 0 radical (unpaired) electrons. The lowest BCUT2D eigenvalue weighted by Gasteiger charge is -2.40. The average molecular weight is 331 g/mol. The quantitative estimate of drug-likeness (QED) is 0.916. The molecule has 1 aliphatic carbocycles. The molecule has 1 saturated heterocycles. The number of fused-ring (bicyclic) bond motifs is 1. The van der Waals surface area contributed by atoms with Crippen molar-refractivity contribution < 1.29 is 19.4 Å². The van der Waals surface area contributed by atoms with Crippen LogP contribution in [0.5, 0.6) is 11.5 Å². The van der Waals surface area contributed by atoms with Crippen molar-refractivity contribution in [1.82, 2.24) is 4.90 Å². The van der Waals surface area contributed by atoms with Crippen LogP contribution in [0.2, 0.25) is 0 Å². The fourth-order valence-electron chi connectivity index (χ4n) is 4.17. The minimum Gasteiger partial charge on any atom is -0.493 e. The van der Waals surface area contributed by atoms with E-state index in [1.165, 1.54) is 0 Å². The molecule has 5 nitrogen and oxygen atoms in total. The number of likely N-dealkylation sites (tertiary alicyclic amines) is 1. The summed E-state index contributed by atoms with van der Waals surface area (Å²) in [5.74, 6) is 1.04. The standard InChI is InChI=1S/C19H25NO4/c1-12(21)14-11-19(7-8-20(2)18(19)10-15(14)22)13-5-6-16(23-3)17(9-13)24-4/h5-6,9-10,14-15,22H,7-8,11H2,1-4H3/t14-,15-,19+/m0/s1. The Bertz CT molecular complexity index is 684. The molecule has 1 N–H and O–H groups in total. The lowest BCUT2D eigenvalue weighted by molar-refractivity contribution is -0.124. The molecule has 1 aromatic rings. The third-order valence-electron chi connectivity index (χ3n) is 5.54. The van der Waals surface area contributed by atoms with Crippen LogP contribution >= 0.6 is 0 Å². The third kappa shape index (κ3) is 2.47. The van der Waals surface area contributed by atoms with Crippen molar-refractivity contribution in [3.8, 4) is 11.5 Å². The maximum atomic E-state index is 12.0. The Hall–Kier alpha value is -2.01. The molecule has 130 valence electrons. The number of aliphatic hydroxyl groups is 1. The summed E-state index contributed by atoms with van der Waals surface area (Å²) in [6.45, 7) is 2.46. The predicted octanol–water partition coefficient (Wildman–Crippen LogP) is 2.13. The molecule has 0 saturated carbocycles. The van der Waals surface area contributed by atoms with Crippen LogP contribution in [0.3, 0.4) is 0 Å². The van der Waals surface area contributed by atoms with Crippen LogP contribution in [0, 0.1) is 5.92 Å². The number of ketones is 1. The van der Waals surface area contributed by atoms with E-state index in [2.05, 4.69) is 4.90 Å². The van der Waals surface area contributed by atoms with Crippen LogP contribution in [-0.2, 0) is 10.2 Å². The summed E-state index contributed by atoms with van der Waals surface area (Å²) in [6.07, 6.45) is 2.68. The minimum atomic E-state index is -0.716. The van der Waals surface area contributed by atoms with Gasteiger partial charge in [-0.05, 0) is 43.5 Å². The minimum absolute atomic E-state index is 0.0344. The maximum Gasteiger partial charge on any atom is 0.161 e. The summed E-state index contributed by atoms with van der Waals surface area (Å²) in [5, 5.41) is 10.4. The van der Waals surface area contributed by atoms with Gasteiger partial charge in [0, 0.05) is 30.6 Å². The van der Waals surface area contributed by atoms with Crippen molar-refractivity contribution in [2.24, 2.45) is 5.92 Å². The van der Waals surface area contributed by atoms with E-state index < -0.39 is 6.10 Å². The topological polar surface area (TPSA) is 59.0 Å². The first-order chi connectivity index (χ1) is 11.4. The van der Waals surface area contributed by atoms with E-state index in [4.69, 9.17) is 9.47 Å². The number of likely N-dealkylation sites (N-methyl/N-ethyl adjacent to an activating group) is 1. The van der Waals surface area contributed by atoms with E-state index >= 15 is 0 Å². The number of ether oxygens (including phenoxy) is 2. The van der Waals surface area contributed by atoms with Gasteiger partial charge in [-0.3, -0.25) is 4.79 Å². The second-order valence-corrected chi connectivity index (χ2v) is 6.79. The molecule has 1 aliphatic heterocycles. The highest BCUT2D eigenvalue weighted by Crippen LogP contribution is 2.51. The highest BCUT2D eigenvalue weighted by atomic mass is 16.5. The number of carbonyl (C=O) groups excluding carboxylic acids is 1. The molecule has 0 bridgehead atoms. The number of hydrogen-bond acceptors (Lipinski definition) is 5. The first-order valence-corrected chi connectivity index (χ1v) is 8.27. The molecule has 3 rings (SSSR count). The molecule has 0 amide bonds. The van der Waals surface area contributed by atoms with Crippen molar-refractivity contribution >= 4 is 5.78 Å². The van der Waals surface area contributed by atoms with Gasteiger partial charge in [0.15, 0.2) is 11.5 Å². The summed E-state index contributed by atoms with van der Waals surface area (Å²) in [6, 6.07) is 5.96. The molecule has 2 aliphatic rings. The molecule has 3 atom stereocenters. The van der Waals surface area contributed by atoms with Crippen LogP contribution < -0.4 is 9.47 Å². The molecule has 1 heterocycles. The van der Waals surface area contributed by atoms with Gasteiger partial charge >= 0.3 is 0 Å². The number of carbonyl (C=O) groups is 1. The van der Waals surface area contributed by atoms with Crippen LogP contribution in [0.25, 0.3) is 0 Å². The monoisotopic (exact) mass is 331 g/mol. The Balaban J connectivity index is 2.12. The maximum absolute atomic E-state index is 12.0. The van der Waals surface area contributed by atoms with Gasteiger partial charge in [-0.1, -0.05) is 6.07 Å². The molecule has 1 aromatic carbocycles. The van der Waals surface area contributed by atoms with Crippen molar-refractivity contribution in [2.75, 3.05) is 27.8 Å². The van der Waals surface area contributed by atoms with Crippen molar-refractivity contribution in [2.45, 2.75) is 31.3 Å². The van der Waals surface area contributed by atoms with Gasteiger partial charge in [-0.15, -0.1) is 0 Å². The van der Waals surface area contributed by atoms with Crippen molar-refractivity contribution in [3.05, 3.63) is 35.5 Å². The number of aliphatic hydroxyl groups excluding tert-OH is 1. The Morgan fingerprint density at radius 1 is 1.29 bits per heavy atom. The van der Waals surface area contributed by atoms with Gasteiger partial charge < -0.3 is 19.5 Å². The summed E-state index contributed by atoms with van der Waals surface area (Å²) >= 11 is 0. The molecule has 1 fully saturated rings. The van der Waals surface area contributed by atoms with Gasteiger partial charge in [0.1, 0.15) is 5.78 Å². The van der Waals surface area contributed by atoms with Crippen LogP contribution in [0.4, 0.5) is 0 Å². The lowest BCUT2D eigenvalue weighted by Crippen LogP contribution is -2.41. The normalized spacial score (nSPS) is 29.0. The number of benzene rings is 1. The molecular formula is C19H25NO4. The molecule has 5 heteroatoms. The van der Waals surface area contributed by atoms with Crippen LogP contribution in [0.15, 0.2) is 30.0 Å².